The van der Waals surface area contributed by atoms with Crippen LogP contribution in [0.15, 0.2) is 23.3 Å². The second-order valence-electron chi connectivity index (χ2n) is 4.74. The van der Waals surface area contributed by atoms with Crippen molar-refractivity contribution in [3.63, 3.8) is 0 Å². The van der Waals surface area contributed by atoms with Crippen LogP contribution in [0.2, 0.25) is 0 Å². The highest BCUT2D eigenvalue weighted by molar-refractivity contribution is 8.14. The summed E-state index contributed by atoms with van der Waals surface area (Å²) in [6, 6.07) is 3.83. The first-order valence-electron chi connectivity index (χ1n) is 6.86. The van der Waals surface area contributed by atoms with E-state index in [0.29, 0.717) is 17.7 Å². The number of halogens is 4. The molecule has 0 aromatic heterocycles. The van der Waals surface area contributed by atoms with Crippen molar-refractivity contribution in [1.29, 1.82) is 0 Å². The second kappa shape index (κ2) is 7.29. The molecule has 1 unspecified atom stereocenters. The molecule has 1 amide bonds. The molecule has 0 fully saturated rings. The summed E-state index contributed by atoms with van der Waals surface area (Å²) in [5.74, 6) is -0.667. The summed E-state index contributed by atoms with van der Waals surface area (Å²) in [4.78, 5) is 11.4. The quantitative estimate of drug-likeness (QED) is 0.777. The molecule has 0 aliphatic carbocycles. The molecule has 24 heavy (non-hydrogen) atoms. The normalized spacial score (nSPS) is 18.2. The molecule has 132 valence electrons. The van der Waals surface area contributed by atoms with Crippen molar-refractivity contribution < 1.29 is 31.8 Å². The summed E-state index contributed by atoms with van der Waals surface area (Å²) in [6.07, 6.45) is -7.99. The van der Waals surface area contributed by atoms with E-state index in [2.05, 4.69) is 15.3 Å². The lowest BCUT2D eigenvalue weighted by Gasteiger charge is -2.22. The fraction of sp³-hybridized carbons (Fsp3) is 0.429. The van der Waals surface area contributed by atoms with E-state index in [1.54, 1.807) is 0 Å². The highest BCUT2D eigenvalue weighted by atomic mass is 32.2. The first kappa shape index (κ1) is 18.4. The molecule has 1 heterocycles. The number of methoxy groups -OCH3 is 1. The second-order valence-corrected chi connectivity index (χ2v) is 5.92. The standard InChI is InChI=1S/C14H14F4N2O3S/c1-3-10-11(19-20-13(21)24-10)7-4-5-8(9(6-7)22-2)23-14(17,18)12(15)16/h4-6,10,12H,3H2,1-2H3,(H,20,21). The van der Waals surface area contributed by atoms with E-state index in [9.17, 15) is 22.4 Å². The van der Waals surface area contributed by atoms with E-state index in [4.69, 9.17) is 4.74 Å². The van der Waals surface area contributed by atoms with Gasteiger partial charge in [-0.25, -0.2) is 5.43 Å². The van der Waals surface area contributed by atoms with Gasteiger partial charge >= 0.3 is 12.5 Å². The summed E-state index contributed by atoms with van der Waals surface area (Å²) < 4.78 is 59.7. The predicted octanol–water partition coefficient (Wildman–Crippen LogP) is 3.87. The van der Waals surface area contributed by atoms with Crippen molar-refractivity contribution in [3.8, 4) is 11.5 Å². The SMILES string of the molecule is CCC1SC(=O)NN=C1c1ccc(OC(F)(F)C(F)F)c(OC)c1. The average molecular weight is 366 g/mol. The Kier molecular flexibility index (Phi) is 5.58. The van der Waals surface area contributed by atoms with Gasteiger partial charge in [0.2, 0.25) is 0 Å². The van der Waals surface area contributed by atoms with E-state index in [-0.39, 0.29) is 16.2 Å². The summed E-state index contributed by atoms with van der Waals surface area (Å²) in [5, 5.41) is 3.45. The number of nitrogens with one attached hydrogen (secondary N) is 1. The molecule has 10 heteroatoms. The van der Waals surface area contributed by atoms with E-state index in [1.165, 1.54) is 19.2 Å². The number of hydrazone groups is 1. The lowest BCUT2D eigenvalue weighted by Crippen LogP contribution is -2.33. The summed E-state index contributed by atoms with van der Waals surface area (Å²) in [5.41, 5.74) is 3.34. The van der Waals surface area contributed by atoms with Gasteiger partial charge in [-0.3, -0.25) is 4.79 Å². The lowest BCUT2D eigenvalue weighted by molar-refractivity contribution is -0.253. The molecular formula is C14H14F4N2O3S. The number of hydrogen-bond acceptors (Lipinski definition) is 5. The van der Waals surface area contributed by atoms with Crippen LogP contribution in [0.4, 0.5) is 22.4 Å². The molecule has 1 aromatic rings. The minimum atomic E-state index is -4.63. The third-order valence-corrected chi connectivity index (χ3v) is 4.30. The smallest absolute Gasteiger partial charge is 0.461 e. The van der Waals surface area contributed by atoms with Gasteiger partial charge < -0.3 is 9.47 Å². The molecule has 2 rings (SSSR count). The maximum absolute atomic E-state index is 13.1. The monoisotopic (exact) mass is 366 g/mol. The zero-order valence-corrected chi connectivity index (χ0v) is 13.5. The Balaban J connectivity index is 2.34. The van der Waals surface area contributed by atoms with Gasteiger partial charge in [0.1, 0.15) is 0 Å². The number of benzene rings is 1. The van der Waals surface area contributed by atoms with Crippen LogP contribution in [-0.4, -0.2) is 35.8 Å². The molecule has 5 nitrogen and oxygen atoms in total. The molecule has 0 saturated heterocycles. The number of alkyl halides is 4. The van der Waals surface area contributed by atoms with Crippen molar-refractivity contribution in [2.75, 3.05) is 7.11 Å². The van der Waals surface area contributed by atoms with Crippen LogP contribution in [-0.2, 0) is 0 Å². The Bertz CT molecular complexity index is 655. The highest BCUT2D eigenvalue weighted by Gasteiger charge is 2.44. The Morgan fingerprint density at radius 2 is 2.08 bits per heavy atom. The zero-order valence-electron chi connectivity index (χ0n) is 12.7. The summed E-state index contributed by atoms with van der Waals surface area (Å²) >= 11 is 1.05. The van der Waals surface area contributed by atoms with Crippen molar-refractivity contribution >= 4 is 22.7 Å². The van der Waals surface area contributed by atoms with Crippen LogP contribution in [0, 0.1) is 0 Å². The molecule has 1 aromatic carbocycles. The van der Waals surface area contributed by atoms with Crippen LogP contribution in [0.3, 0.4) is 0 Å². The predicted molar refractivity (Wildman–Crippen MR) is 81.3 cm³/mol. The number of ether oxygens (including phenoxy) is 2. The Hall–Kier alpha value is -1.97. The van der Waals surface area contributed by atoms with E-state index in [1.807, 2.05) is 6.92 Å². The third kappa shape index (κ3) is 3.92. The maximum Gasteiger partial charge on any atom is 0.461 e. The van der Waals surface area contributed by atoms with Crippen LogP contribution in [0.1, 0.15) is 18.9 Å². The van der Waals surface area contributed by atoms with Gasteiger partial charge in [-0.15, -0.1) is 0 Å². The van der Waals surface area contributed by atoms with Gasteiger partial charge in [-0.2, -0.15) is 22.7 Å². The molecule has 0 bridgehead atoms. The van der Waals surface area contributed by atoms with E-state index >= 15 is 0 Å². The van der Waals surface area contributed by atoms with Crippen LogP contribution in [0.5, 0.6) is 11.5 Å². The van der Waals surface area contributed by atoms with Gasteiger partial charge in [-0.05, 0) is 24.6 Å². The van der Waals surface area contributed by atoms with Crippen molar-refractivity contribution in [2.45, 2.75) is 31.1 Å². The van der Waals surface area contributed by atoms with E-state index in [0.717, 1.165) is 17.8 Å². The molecule has 1 aliphatic rings. The number of hydrogen-bond donors (Lipinski definition) is 1. The molecule has 1 aliphatic heterocycles. The lowest BCUT2D eigenvalue weighted by atomic mass is 10.0. The molecule has 0 spiro atoms. The van der Waals surface area contributed by atoms with Gasteiger partial charge in [-0.1, -0.05) is 18.7 Å². The molecule has 0 radical (unpaired) electrons. The topological polar surface area (TPSA) is 59.9 Å². The molecule has 1 N–H and O–H groups in total. The molecule has 1 atom stereocenters. The minimum absolute atomic E-state index is 0.146. The Morgan fingerprint density at radius 3 is 2.67 bits per heavy atom. The van der Waals surface area contributed by atoms with Crippen molar-refractivity contribution in [1.82, 2.24) is 5.43 Å². The average Bonchev–Trinajstić information content (AvgIpc) is 2.54. The first-order valence-corrected chi connectivity index (χ1v) is 7.74. The van der Waals surface area contributed by atoms with Crippen LogP contribution >= 0.6 is 11.8 Å². The van der Waals surface area contributed by atoms with Crippen LogP contribution in [0.25, 0.3) is 0 Å². The van der Waals surface area contributed by atoms with Crippen LogP contribution < -0.4 is 14.9 Å². The van der Waals surface area contributed by atoms with Crippen molar-refractivity contribution in [2.24, 2.45) is 5.10 Å². The fourth-order valence-corrected chi connectivity index (χ4v) is 2.84. The largest absolute Gasteiger partial charge is 0.493 e. The van der Waals surface area contributed by atoms with E-state index < -0.39 is 18.3 Å². The highest BCUT2D eigenvalue weighted by Crippen LogP contribution is 2.36. The molecule has 0 saturated carbocycles. The minimum Gasteiger partial charge on any atom is -0.493 e. The number of thioether (sulfide) groups is 1. The zero-order chi connectivity index (χ0) is 17.9. The first-order chi connectivity index (χ1) is 11.3. The number of amides is 1. The fourth-order valence-electron chi connectivity index (χ4n) is 2.02. The number of carbonyl (C=O) groups excluding carboxylic acids is 1. The molecular weight excluding hydrogens is 352 g/mol. The maximum atomic E-state index is 13.1. The van der Waals surface area contributed by atoms with Gasteiger partial charge in [0.25, 0.3) is 5.24 Å². The summed E-state index contributed by atoms with van der Waals surface area (Å²) in [6.45, 7) is 1.86. The van der Waals surface area contributed by atoms with Gasteiger partial charge in [0.15, 0.2) is 11.5 Å². The number of carbonyl (C=O) groups is 1. The Labute approximate surface area is 139 Å². The van der Waals surface area contributed by atoms with Gasteiger partial charge in [0, 0.05) is 5.56 Å². The number of rotatable bonds is 6. The van der Waals surface area contributed by atoms with Gasteiger partial charge in [0.05, 0.1) is 18.1 Å². The van der Waals surface area contributed by atoms with Crippen molar-refractivity contribution in [3.05, 3.63) is 23.8 Å². The third-order valence-electron chi connectivity index (χ3n) is 3.15. The Morgan fingerprint density at radius 1 is 1.38 bits per heavy atom. The summed E-state index contributed by atoms with van der Waals surface area (Å²) in [7, 11) is 1.20. The number of nitrogens with zero attached hydrogens (tertiary/aromatic N) is 1.